The minimum absolute atomic E-state index is 0.0777. The number of anilines is 2. The normalized spacial score (nSPS) is 10.4. The molecule has 0 bridgehead atoms. The van der Waals surface area contributed by atoms with E-state index in [2.05, 4.69) is 38.7 Å². The molecule has 3 aromatic carbocycles. The summed E-state index contributed by atoms with van der Waals surface area (Å²) in [7, 11) is 0. The van der Waals surface area contributed by atoms with Crippen LogP contribution < -0.4 is 10.6 Å². The van der Waals surface area contributed by atoms with Gasteiger partial charge in [-0.05, 0) is 29.7 Å². The van der Waals surface area contributed by atoms with Gasteiger partial charge in [0, 0.05) is 21.2 Å². The number of benzene rings is 3. The summed E-state index contributed by atoms with van der Waals surface area (Å²) in [6.45, 7) is 0.223. The average molecular weight is 355 g/mol. The highest BCUT2D eigenvalue weighted by Crippen LogP contribution is 2.22. The van der Waals surface area contributed by atoms with Crippen molar-refractivity contribution in [3.63, 3.8) is 0 Å². The number of rotatable bonds is 4. The van der Waals surface area contributed by atoms with Crippen LogP contribution in [-0.2, 0) is 4.79 Å². The van der Waals surface area contributed by atoms with E-state index in [0.29, 0.717) is 0 Å². The maximum Gasteiger partial charge on any atom is 0.243 e. The van der Waals surface area contributed by atoms with Gasteiger partial charge in [0.15, 0.2) is 0 Å². The summed E-state index contributed by atoms with van der Waals surface area (Å²) in [5, 5.41) is 8.33. The number of nitrogens with one attached hydrogen (secondary N) is 2. The van der Waals surface area contributed by atoms with Crippen LogP contribution in [0.1, 0.15) is 0 Å². The first-order chi connectivity index (χ1) is 10.7. The largest absolute Gasteiger partial charge is 0.376 e. The molecule has 0 aliphatic heterocycles. The van der Waals surface area contributed by atoms with E-state index in [-0.39, 0.29) is 12.5 Å². The van der Waals surface area contributed by atoms with E-state index in [1.807, 2.05) is 54.6 Å². The van der Waals surface area contributed by atoms with Gasteiger partial charge in [-0.1, -0.05) is 58.4 Å². The highest BCUT2D eigenvalue weighted by molar-refractivity contribution is 9.10. The SMILES string of the molecule is O=C(CNc1cccc2ccccc12)Nc1cccc(Br)c1. The van der Waals surface area contributed by atoms with E-state index in [9.17, 15) is 4.79 Å². The molecule has 1 amide bonds. The Morgan fingerprint density at radius 2 is 1.73 bits per heavy atom. The number of carbonyl (C=O) groups excluding carboxylic acids is 1. The molecule has 0 unspecified atom stereocenters. The van der Waals surface area contributed by atoms with Gasteiger partial charge in [0.2, 0.25) is 5.91 Å². The molecule has 0 spiro atoms. The monoisotopic (exact) mass is 354 g/mol. The zero-order valence-electron chi connectivity index (χ0n) is 11.8. The molecule has 3 aromatic rings. The van der Waals surface area contributed by atoms with Gasteiger partial charge in [0.1, 0.15) is 0 Å². The van der Waals surface area contributed by atoms with E-state index in [0.717, 1.165) is 26.6 Å². The van der Waals surface area contributed by atoms with Gasteiger partial charge < -0.3 is 10.6 Å². The number of fused-ring (bicyclic) bond motifs is 1. The molecule has 0 saturated carbocycles. The van der Waals surface area contributed by atoms with Crippen LogP contribution in [0, 0.1) is 0 Å². The molecule has 4 heteroatoms. The Bertz CT molecular complexity index is 812. The van der Waals surface area contributed by atoms with Crippen molar-refractivity contribution in [1.82, 2.24) is 0 Å². The third-order valence-corrected chi connectivity index (χ3v) is 3.83. The lowest BCUT2D eigenvalue weighted by Crippen LogP contribution is -2.21. The molecule has 0 aliphatic rings. The summed E-state index contributed by atoms with van der Waals surface area (Å²) < 4.78 is 0.937. The Hall–Kier alpha value is -2.33. The van der Waals surface area contributed by atoms with Crippen LogP contribution in [0.25, 0.3) is 10.8 Å². The molecule has 0 saturated heterocycles. The highest BCUT2D eigenvalue weighted by atomic mass is 79.9. The zero-order chi connectivity index (χ0) is 15.4. The van der Waals surface area contributed by atoms with Crippen LogP contribution in [-0.4, -0.2) is 12.5 Å². The Balaban J connectivity index is 1.68. The molecule has 110 valence electrons. The minimum Gasteiger partial charge on any atom is -0.376 e. The predicted octanol–water partition coefficient (Wildman–Crippen LogP) is 4.65. The first-order valence-electron chi connectivity index (χ1n) is 6.99. The number of amides is 1. The molecule has 3 rings (SSSR count). The van der Waals surface area contributed by atoms with Crippen LogP contribution >= 0.6 is 15.9 Å². The predicted molar refractivity (Wildman–Crippen MR) is 95.2 cm³/mol. The van der Waals surface area contributed by atoms with Gasteiger partial charge in [-0.25, -0.2) is 0 Å². The third-order valence-electron chi connectivity index (χ3n) is 3.34. The van der Waals surface area contributed by atoms with Crippen LogP contribution in [0.5, 0.6) is 0 Å². The van der Waals surface area contributed by atoms with Gasteiger partial charge >= 0.3 is 0 Å². The first kappa shape index (κ1) is 14.6. The van der Waals surface area contributed by atoms with Crippen LogP contribution in [0.3, 0.4) is 0 Å². The summed E-state index contributed by atoms with van der Waals surface area (Å²) in [6, 6.07) is 21.7. The molecule has 0 aromatic heterocycles. The first-order valence-corrected chi connectivity index (χ1v) is 7.79. The summed E-state index contributed by atoms with van der Waals surface area (Å²) in [6.07, 6.45) is 0. The molecule has 2 N–H and O–H groups in total. The van der Waals surface area contributed by atoms with E-state index in [1.165, 1.54) is 0 Å². The van der Waals surface area contributed by atoms with E-state index in [4.69, 9.17) is 0 Å². The summed E-state index contributed by atoms with van der Waals surface area (Å²) >= 11 is 3.39. The smallest absolute Gasteiger partial charge is 0.243 e. The standard InChI is InChI=1S/C18H15BrN2O/c19-14-7-4-8-15(11-14)21-18(22)12-20-17-10-3-6-13-5-1-2-9-16(13)17/h1-11,20H,12H2,(H,21,22). The maximum absolute atomic E-state index is 12.0. The highest BCUT2D eigenvalue weighted by Gasteiger charge is 2.04. The second-order valence-corrected chi connectivity index (χ2v) is 5.85. The molecular weight excluding hydrogens is 340 g/mol. The quantitative estimate of drug-likeness (QED) is 0.715. The van der Waals surface area contributed by atoms with Crippen molar-refractivity contribution in [2.75, 3.05) is 17.2 Å². The van der Waals surface area contributed by atoms with Gasteiger partial charge in [-0.2, -0.15) is 0 Å². The van der Waals surface area contributed by atoms with Gasteiger partial charge in [-0.15, -0.1) is 0 Å². The van der Waals surface area contributed by atoms with Gasteiger partial charge in [0.05, 0.1) is 6.54 Å². The van der Waals surface area contributed by atoms with Crippen LogP contribution in [0.4, 0.5) is 11.4 Å². The fourth-order valence-corrected chi connectivity index (χ4v) is 2.73. The second kappa shape index (κ2) is 6.62. The van der Waals surface area contributed by atoms with E-state index >= 15 is 0 Å². The minimum atomic E-state index is -0.0777. The molecule has 0 atom stereocenters. The molecule has 0 heterocycles. The third kappa shape index (κ3) is 3.46. The molecular formula is C18H15BrN2O. The molecule has 0 radical (unpaired) electrons. The van der Waals surface area contributed by atoms with Crippen molar-refractivity contribution in [3.05, 3.63) is 71.2 Å². The lowest BCUT2D eigenvalue weighted by molar-refractivity contribution is -0.114. The summed E-state index contributed by atoms with van der Waals surface area (Å²) in [5.74, 6) is -0.0777. The van der Waals surface area contributed by atoms with Gasteiger partial charge in [0.25, 0.3) is 0 Å². The second-order valence-electron chi connectivity index (χ2n) is 4.94. The van der Waals surface area contributed by atoms with Crippen molar-refractivity contribution in [3.8, 4) is 0 Å². The Morgan fingerprint density at radius 3 is 2.59 bits per heavy atom. The van der Waals surface area contributed by atoms with Gasteiger partial charge in [-0.3, -0.25) is 4.79 Å². The fraction of sp³-hybridized carbons (Fsp3) is 0.0556. The van der Waals surface area contributed by atoms with Crippen molar-refractivity contribution >= 4 is 44.0 Å². The lowest BCUT2D eigenvalue weighted by Gasteiger charge is -2.10. The zero-order valence-corrected chi connectivity index (χ0v) is 13.4. The lowest BCUT2D eigenvalue weighted by atomic mass is 10.1. The van der Waals surface area contributed by atoms with E-state index in [1.54, 1.807) is 0 Å². The fourth-order valence-electron chi connectivity index (χ4n) is 2.33. The molecule has 22 heavy (non-hydrogen) atoms. The topological polar surface area (TPSA) is 41.1 Å². The van der Waals surface area contributed by atoms with Crippen molar-refractivity contribution in [2.45, 2.75) is 0 Å². The molecule has 3 nitrogen and oxygen atoms in total. The number of hydrogen-bond acceptors (Lipinski definition) is 2. The number of hydrogen-bond donors (Lipinski definition) is 2. The summed E-state index contributed by atoms with van der Waals surface area (Å²) in [5.41, 5.74) is 1.74. The number of carbonyl (C=O) groups is 1. The molecule has 0 aliphatic carbocycles. The Morgan fingerprint density at radius 1 is 0.955 bits per heavy atom. The average Bonchev–Trinajstić information content (AvgIpc) is 2.53. The van der Waals surface area contributed by atoms with Crippen molar-refractivity contribution < 1.29 is 4.79 Å². The van der Waals surface area contributed by atoms with Crippen LogP contribution in [0.2, 0.25) is 0 Å². The Kier molecular flexibility index (Phi) is 4.39. The number of halogens is 1. The van der Waals surface area contributed by atoms with Crippen LogP contribution in [0.15, 0.2) is 71.2 Å². The summed E-state index contributed by atoms with van der Waals surface area (Å²) in [4.78, 5) is 12.0. The molecule has 0 fully saturated rings. The van der Waals surface area contributed by atoms with E-state index < -0.39 is 0 Å². The van der Waals surface area contributed by atoms with Crippen molar-refractivity contribution in [2.24, 2.45) is 0 Å². The van der Waals surface area contributed by atoms with Crippen molar-refractivity contribution in [1.29, 1.82) is 0 Å². The Labute approximate surface area is 137 Å². The maximum atomic E-state index is 12.0.